The van der Waals surface area contributed by atoms with E-state index in [1.165, 1.54) is 116 Å². The molecule has 7 aromatic rings. The number of rotatable bonds is 7. The molecular formula is C56H53N. The van der Waals surface area contributed by atoms with Crippen LogP contribution >= 0.6 is 0 Å². The van der Waals surface area contributed by atoms with E-state index in [1.807, 2.05) is 0 Å². The molecule has 0 radical (unpaired) electrons. The van der Waals surface area contributed by atoms with Gasteiger partial charge in [0.05, 0.1) is 0 Å². The highest BCUT2D eigenvalue weighted by Crippen LogP contribution is 2.61. The summed E-state index contributed by atoms with van der Waals surface area (Å²) in [5, 5.41) is 2.55. The molecule has 0 aromatic heterocycles. The summed E-state index contributed by atoms with van der Waals surface area (Å²) in [5.41, 5.74) is 17.7. The van der Waals surface area contributed by atoms with Gasteiger partial charge in [0.15, 0.2) is 0 Å². The van der Waals surface area contributed by atoms with Crippen LogP contribution in [0.3, 0.4) is 0 Å². The molecular weight excluding hydrogens is 687 g/mol. The molecule has 1 nitrogen and oxygen atoms in total. The summed E-state index contributed by atoms with van der Waals surface area (Å²) in [6, 6.07) is 57.7. The number of benzene rings is 7. The van der Waals surface area contributed by atoms with Crippen molar-refractivity contribution in [3.63, 3.8) is 0 Å². The zero-order chi connectivity index (χ0) is 38.5. The SMILES string of the molecule is CC(C)c1cccc2c1-c1ccc(N(c3ccc(-c4ccc5ccccc5c4-c4ccccc4)cc3)c3ccc(C45CC6CC(CC(C6)C4)C5)cc3)cc1C2(C)C. The van der Waals surface area contributed by atoms with Crippen LogP contribution in [0.2, 0.25) is 0 Å². The molecule has 0 spiro atoms. The Balaban J connectivity index is 1.03. The lowest BCUT2D eigenvalue weighted by molar-refractivity contribution is -0.00518. The van der Waals surface area contributed by atoms with Gasteiger partial charge in [-0.3, -0.25) is 0 Å². The molecule has 4 saturated carbocycles. The van der Waals surface area contributed by atoms with Crippen molar-refractivity contribution in [3.05, 3.63) is 174 Å². The number of fused-ring (bicyclic) bond motifs is 4. The van der Waals surface area contributed by atoms with E-state index >= 15 is 0 Å². The van der Waals surface area contributed by atoms with Gasteiger partial charge in [-0.05, 0) is 170 Å². The number of hydrogen-bond donors (Lipinski definition) is 0. The van der Waals surface area contributed by atoms with Crippen LogP contribution in [-0.2, 0) is 10.8 Å². The largest absolute Gasteiger partial charge is 0.310 e. The average molecular weight is 740 g/mol. The Morgan fingerprint density at radius 1 is 0.509 bits per heavy atom. The second-order valence-corrected chi connectivity index (χ2v) is 19.0. The standard InChI is InChI=1S/C56H53N/c1-36(2)47-15-10-16-51-54(47)50-28-26-46(32-52(50)55(51,3)4)57(45-24-20-43(21-25-45)56-33-37-29-38(34-56)31-39(30-37)35-56)44-22-17-41(18-23-44)49-27-19-40-11-8-9-14-48(40)53(49)42-12-6-5-7-13-42/h5-28,32,36-39H,29-31,33-35H2,1-4H3. The van der Waals surface area contributed by atoms with E-state index in [0.717, 1.165) is 17.8 Å². The van der Waals surface area contributed by atoms with Crippen molar-refractivity contribution in [1.29, 1.82) is 0 Å². The summed E-state index contributed by atoms with van der Waals surface area (Å²) in [5.74, 6) is 3.28. The first-order valence-corrected chi connectivity index (χ1v) is 21.6. The highest BCUT2D eigenvalue weighted by molar-refractivity contribution is 6.04. The smallest absolute Gasteiger partial charge is 0.0465 e. The van der Waals surface area contributed by atoms with Crippen molar-refractivity contribution >= 4 is 27.8 Å². The third kappa shape index (κ3) is 5.56. The van der Waals surface area contributed by atoms with Crippen LogP contribution in [-0.4, -0.2) is 0 Å². The molecule has 1 heteroatoms. The van der Waals surface area contributed by atoms with Gasteiger partial charge < -0.3 is 4.90 Å². The van der Waals surface area contributed by atoms with E-state index in [9.17, 15) is 0 Å². The van der Waals surface area contributed by atoms with E-state index in [4.69, 9.17) is 0 Å². The Bertz CT molecular complexity index is 2610. The van der Waals surface area contributed by atoms with Gasteiger partial charge >= 0.3 is 0 Å². The van der Waals surface area contributed by atoms with E-state index in [0.29, 0.717) is 11.3 Å². The van der Waals surface area contributed by atoms with Crippen LogP contribution in [0.25, 0.3) is 44.2 Å². The molecule has 0 unspecified atom stereocenters. The minimum atomic E-state index is -0.0899. The Morgan fingerprint density at radius 3 is 1.81 bits per heavy atom. The van der Waals surface area contributed by atoms with Gasteiger partial charge in [0, 0.05) is 22.5 Å². The number of anilines is 3. The molecule has 0 N–H and O–H groups in total. The third-order valence-electron chi connectivity index (χ3n) is 14.8. The van der Waals surface area contributed by atoms with Crippen molar-refractivity contribution in [2.75, 3.05) is 4.90 Å². The quantitative estimate of drug-likeness (QED) is 0.157. The summed E-state index contributed by atoms with van der Waals surface area (Å²) in [4.78, 5) is 2.51. The maximum atomic E-state index is 2.51. The Hall–Kier alpha value is -5.40. The van der Waals surface area contributed by atoms with Gasteiger partial charge in [-0.2, -0.15) is 0 Å². The summed E-state index contributed by atoms with van der Waals surface area (Å²) >= 11 is 0. The van der Waals surface area contributed by atoms with E-state index < -0.39 is 0 Å². The molecule has 5 aliphatic rings. The molecule has 4 bridgehead atoms. The minimum Gasteiger partial charge on any atom is -0.310 e. The van der Waals surface area contributed by atoms with Crippen LogP contribution in [0.5, 0.6) is 0 Å². The van der Waals surface area contributed by atoms with Crippen molar-refractivity contribution in [2.24, 2.45) is 17.8 Å². The zero-order valence-corrected chi connectivity index (χ0v) is 33.9. The molecule has 0 amide bonds. The molecule has 0 atom stereocenters. The van der Waals surface area contributed by atoms with Gasteiger partial charge in [-0.1, -0.05) is 143 Å². The van der Waals surface area contributed by atoms with Crippen molar-refractivity contribution in [2.45, 2.75) is 83.0 Å². The van der Waals surface area contributed by atoms with Crippen LogP contribution in [0.15, 0.2) is 152 Å². The predicted molar refractivity (Wildman–Crippen MR) is 241 cm³/mol. The van der Waals surface area contributed by atoms with Crippen molar-refractivity contribution in [1.82, 2.24) is 0 Å². The lowest BCUT2D eigenvalue weighted by atomic mass is 9.48. The summed E-state index contributed by atoms with van der Waals surface area (Å²) < 4.78 is 0. The van der Waals surface area contributed by atoms with Crippen molar-refractivity contribution in [3.8, 4) is 33.4 Å². The maximum absolute atomic E-state index is 2.51. The Morgan fingerprint density at radius 2 is 1.12 bits per heavy atom. The maximum Gasteiger partial charge on any atom is 0.0465 e. The second kappa shape index (κ2) is 13.1. The first-order valence-electron chi connectivity index (χ1n) is 21.6. The molecule has 12 rings (SSSR count). The minimum absolute atomic E-state index is 0.0899. The molecule has 57 heavy (non-hydrogen) atoms. The fourth-order valence-corrected chi connectivity index (χ4v) is 12.5. The molecule has 4 fully saturated rings. The fraction of sp³-hybridized carbons (Fsp3) is 0.286. The van der Waals surface area contributed by atoms with E-state index in [1.54, 1.807) is 5.56 Å². The first-order chi connectivity index (χ1) is 27.8. The van der Waals surface area contributed by atoms with Gasteiger partial charge in [0.25, 0.3) is 0 Å². The van der Waals surface area contributed by atoms with Gasteiger partial charge in [0.2, 0.25) is 0 Å². The van der Waals surface area contributed by atoms with E-state index in [-0.39, 0.29) is 5.41 Å². The number of hydrogen-bond acceptors (Lipinski definition) is 1. The number of nitrogens with zero attached hydrogens (tertiary/aromatic N) is 1. The molecule has 0 heterocycles. The van der Waals surface area contributed by atoms with Crippen molar-refractivity contribution < 1.29 is 0 Å². The van der Waals surface area contributed by atoms with Gasteiger partial charge in [0.1, 0.15) is 0 Å². The monoisotopic (exact) mass is 739 g/mol. The summed E-state index contributed by atoms with van der Waals surface area (Å²) in [6.07, 6.45) is 8.60. The van der Waals surface area contributed by atoms with Crippen LogP contribution in [0.4, 0.5) is 17.1 Å². The van der Waals surface area contributed by atoms with Crippen LogP contribution in [0, 0.1) is 17.8 Å². The molecule has 0 aliphatic heterocycles. The predicted octanol–water partition coefficient (Wildman–Crippen LogP) is 15.5. The molecule has 7 aromatic carbocycles. The average Bonchev–Trinajstić information content (AvgIpc) is 3.46. The lowest BCUT2D eigenvalue weighted by Crippen LogP contribution is -2.48. The zero-order valence-electron chi connectivity index (χ0n) is 33.9. The fourth-order valence-electron chi connectivity index (χ4n) is 12.5. The second-order valence-electron chi connectivity index (χ2n) is 19.0. The lowest BCUT2D eigenvalue weighted by Gasteiger charge is -2.57. The highest BCUT2D eigenvalue weighted by Gasteiger charge is 2.51. The first kappa shape index (κ1) is 34.8. The molecule has 5 aliphatic carbocycles. The Kier molecular flexibility index (Phi) is 7.98. The summed E-state index contributed by atoms with van der Waals surface area (Å²) in [6.45, 7) is 9.49. The Labute approximate surface area is 339 Å². The molecule has 282 valence electrons. The van der Waals surface area contributed by atoms with E-state index in [2.05, 4.69) is 184 Å². The van der Waals surface area contributed by atoms with Gasteiger partial charge in [-0.25, -0.2) is 0 Å². The van der Waals surface area contributed by atoms with Crippen LogP contribution < -0.4 is 4.90 Å². The van der Waals surface area contributed by atoms with Crippen LogP contribution in [0.1, 0.15) is 94.4 Å². The summed E-state index contributed by atoms with van der Waals surface area (Å²) in [7, 11) is 0. The topological polar surface area (TPSA) is 3.24 Å². The highest BCUT2D eigenvalue weighted by atomic mass is 15.1. The van der Waals surface area contributed by atoms with Gasteiger partial charge in [-0.15, -0.1) is 0 Å². The molecule has 0 saturated heterocycles. The normalized spacial score (nSPS) is 22.5. The third-order valence-corrected chi connectivity index (χ3v) is 14.8.